The second-order valence-electron chi connectivity index (χ2n) is 4.69. The molecule has 5 heteroatoms. The van der Waals surface area contributed by atoms with Gasteiger partial charge in [-0.3, -0.25) is 4.79 Å². The Hall–Kier alpha value is -0.260. The average Bonchev–Trinajstić information content (AvgIpc) is 2.28. The summed E-state index contributed by atoms with van der Waals surface area (Å²) in [4.78, 5) is 11.3. The van der Waals surface area contributed by atoms with Gasteiger partial charge in [0, 0.05) is 6.61 Å². The highest BCUT2D eigenvalue weighted by Crippen LogP contribution is 2.16. The summed E-state index contributed by atoms with van der Waals surface area (Å²) in [6.45, 7) is 6.84. The Balaban J connectivity index is 3.80. The Morgan fingerprint density at radius 2 is 2.24 bits per heavy atom. The van der Waals surface area contributed by atoms with Gasteiger partial charge in [-0.25, -0.2) is 0 Å². The van der Waals surface area contributed by atoms with E-state index in [1.54, 1.807) is 0 Å². The van der Waals surface area contributed by atoms with E-state index in [1.165, 1.54) is 0 Å². The zero-order chi connectivity index (χ0) is 13.3. The Kier molecular flexibility index (Phi) is 8.64. The molecule has 0 aromatic rings. The minimum atomic E-state index is -0.585. The van der Waals surface area contributed by atoms with E-state index in [9.17, 15) is 4.79 Å². The van der Waals surface area contributed by atoms with Crippen molar-refractivity contribution in [3.05, 3.63) is 0 Å². The molecular formula is C12H26N2O2S. The molecule has 1 amide bonds. The first-order valence-electron chi connectivity index (χ1n) is 6.19. The summed E-state index contributed by atoms with van der Waals surface area (Å²) in [5.41, 5.74) is 4.81. The number of hydrogen-bond acceptors (Lipinski definition) is 4. The van der Waals surface area contributed by atoms with Crippen LogP contribution in [0.4, 0.5) is 0 Å². The van der Waals surface area contributed by atoms with Crippen LogP contribution in [0.2, 0.25) is 0 Å². The highest BCUT2D eigenvalue weighted by Gasteiger charge is 2.28. The number of nitrogens with two attached hydrogens (primary N) is 1. The van der Waals surface area contributed by atoms with Crippen LogP contribution in [-0.4, -0.2) is 41.2 Å². The van der Waals surface area contributed by atoms with E-state index in [0.717, 1.165) is 30.9 Å². The van der Waals surface area contributed by atoms with Gasteiger partial charge in [-0.1, -0.05) is 13.8 Å². The first kappa shape index (κ1) is 16.7. The third-order valence-electron chi connectivity index (χ3n) is 2.79. The third kappa shape index (κ3) is 6.91. The topological polar surface area (TPSA) is 75.3 Å². The number of likely N-dealkylation sites (N-methyl/N-ethyl adjacent to an activating group) is 1. The van der Waals surface area contributed by atoms with Crippen molar-refractivity contribution < 1.29 is 9.90 Å². The highest BCUT2D eigenvalue weighted by atomic mass is 32.2. The molecule has 0 aromatic carbocycles. The number of aliphatic hydroxyl groups excluding tert-OH is 1. The summed E-state index contributed by atoms with van der Waals surface area (Å²) >= 11 is 1.82. The Morgan fingerprint density at radius 3 is 2.71 bits per heavy atom. The molecule has 0 saturated carbocycles. The van der Waals surface area contributed by atoms with Crippen molar-refractivity contribution in [2.24, 2.45) is 11.7 Å². The summed E-state index contributed by atoms with van der Waals surface area (Å²) in [5, 5.41) is 12.0. The van der Waals surface area contributed by atoms with Gasteiger partial charge in [-0.15, -0.1) is 0 Å². The molecule has 2 atom stereocenters. The molecule has 4 nitrogen and oxygen atoms in total. The molecule has 0 heterocycles. The molecule has 2 unspecified atom stereocenters. The quantitative estimate of drug-likeness (QED) is 0.513. The van der Waals surface area contributed by atoms with Crippen LogP contribution in [0.3, 0.4) is 0 Å². The second-order valence-corrected chi connectivity index (χ2v) is 5.84. The molecule has 0 spiro atoms. The molecule has 0 aliphatic carbocycles. The normalized spacial score (nSPS) is 16.5. The number of amides is 1. The molecule has 0 aliphatic heterocycles. The monoisotopic (exact) mass is 262 g/mol. The predicted octanol–water partition coefficient (Wildman–Crippen LogP) is 0.982. The van der Waals surface area contributed by atoms with Crippen molar-refractivity contribution in [3.63, 3.8) is 0 Å². The zero-order valence-corrected chi connectivity index (χ0v) is 12.0. The molecule has 4 N–H and O–H groups in total. The SMILES string of the molecule is CCNC(C)(CCCSCC(C)CO)C(N)=O. The molecule has 0 saturated heterocycles. The van der Waals surface area contributed by atoms with E-state index in [4.69, 9.17) is 10.8 Å². The van der Waals surface area contributed by atoms with Gasteiger partial charge in [0.05, 0.1) is 5.54 Å². The van der Waals surface area contributed by atoms with E-state index in [1.807, 2.05) is 32.5 Å². The van der Waals surface area contributed by atoms with Gasteiger partial charge in [0.1, 0.15) is 0 Å². The maximum absolute atomic E-state index is 11.3. The first-order chi connectivity index (χ1) is 7.96. The summed E-state index contributed by atoms with van der Waals surface area (Å²) in [7, 11) is 0. The zero-order valence-electron chi connectivity index (χ0n) is 11.2. The third-order valence-corrected chi connectivity index (χ3v) is 4.17. The van der Waals surface area contributed by atoms with E-state index in [-0.39, 0.29) is 12.5 Å². The van der Waals surface area contributed by atoms with Gasteiger partial charge in [-0.05, 0) is 43.7 Å². The number of primary amides is 1. The molecular weight excluding hydrogens is 236 g/mol. The van der Waals surface area contributed by atoms with Crippen LogP contribution in [0, 0.1) is 5.92 Å². The minimum absolute atomic E-state index is 0.239. The fraction of sp³-hybridized carbons (Fsp3) is 0.917. The van der Waals surface area contributed by atoms with Gasteiger partial charge in [0.15, 0.2) is 0 Å². The summed E-state index contributed by atoms with van der Waals surface area (Å²) in [5.74, 6) is 2.02. The van der Waals surface area contributed by atoms with Crippen LogP contribution in [0.25, 0.3) is 0 Å². The maximum atomic E-state index is 11.3. The molecule has 17 heavy (non-hydrogen) atoms. The fourth-order valence-corrected chi connectivity index (χ4v) is 2.58. The van der Waals surface area contributed by atoms with Crippen LogP contribution in [0.15, 0.2) is 0 Å². The van der Waals surface area contributed by atoms with Crippen molar-refractivity contribution in [2.75, 3.05) is 24.7 Å². The van der Waals surface area contributed by atoms with Gasteiger partial charge >= 0.3 is 0 Å². The summed E-state index contributed by atoms with van der Waals surface area (Å²) in [6, 6.07) is 0. The van der Waals surface area contributed by atoms with Gasteiger partial charge in [-0.2, -0.15) is 11.8 Å². The summed E-state index contributed by atoms with van der Waals surface area (Å²) < 4.78 is 0. The number of carbonyl (C=O) groups is 1. The van der Waals surface area contributed by atoms with Crippen LogP contribution in [0.1, 0.15) is 33.6 Å². The van der Waals surface area contributed by atoms with E-state index < -0.39 is 5.54 Å². The minimum Gasteiger partial charge on any atom is -0.396 e. The van der Waals surface area contributed by atoms with E-state index in [0.29, 0.717) is 5.92 Å². The average molecular weight is 262 g/mol. The maximum Gasteiger partial charge on any atom is 0.237 e. The number of thioether (sulfide) groups is 1. The Morgan fingerprint density at radius 1 is 1.59 bits per heavy atom. The highest BCUT2D eigenvalue weighted by molar-refractivity contribution is 7.99. The first-order valence-corrected chi connectivity index (χ1v) is 7.35. The lowest BCUT2D eigenvalue weighted by molar-refractivity contribution is -0.124. The van der Waals surface area contributed by atoms with Crippen molar-refractivity contribution >= 4 is 17.7 Å². The number of aliphatic hydroxyl groups is 1. The van der Waals surface area contributed by atoms with Crippen molar-refractivity contribution in [3.8, 4) is 0 Å². The summed E-state index contributed by atoms with van der Waals surface area (Å²) in [6.07, 6.45) is 1.71. The fourth-order valence-electron chi connectivity index (χ4n) is 1.55. The smallest absolute Gasteiger partial charge is 0.237 e. The van der Waals surface area contributed by atoms with Gasteiger partial charge < -0.3 is 16.2 Å². The standard InChI is InChI=1S/C12H26N2O2S/c1-4-14-12(3,11(13)16)6-5-7-17-9-10(2)8-15/h10,14-15H,4-9H2,1-3H3,(H2,13,16). The van der Waals surface area contributed by atoms with Crippen LogP contribution < -0.4 is 11.1 Å². The predicted molar refractivity (Wildman–Crippen MR) is 74.1 cm³/mol. The van der Waals surface area contributed by atoms with Crippen LogP contribution >= 0.6 is 11.8 Å². The molecule has 0 aromatic heterocycles. The molecule has 0 fully saturated rings. The molecule has 0 bridgehead atoms. The van der Waals surface area contributed by atoms with E-state index >= 15 is 0 Å². The molecule has 0 radical (unpaired) electrons. The number of carbonyl (C=O) groups excluding carboxylic acids is 1. The lowest BCUT2D eigenvalue weighted by Crippen LogP contribution is -2.53. The molecule has 102 valence electrons. The number of nitrogens with one attached hydrogen (secondary N) is 1. The van der Waals surface area contributed by atoms with Crippen LogP contribution in [0.5, 0.6) is 0 Å². The largest absolute Gasteiger partial charge is 0.396 e. The van der Waals surface area contributed by atoms with Crippen molar-refractivity contribution in [2.45, 2.75) is 39.2 Å². The lowest BCUT2D eigenvalue weighted by Gasteiger charge is -2.26. The Bertz CT molecular complexity index is 227. The van der Waals surface area contributed by atoms with Crippen molar-refractivity contribution in [1.29, 1.82) is 0 Å². The lowest BCUT2D eigenvalue weighted by atomic mass is 9.95. The van der Waals surface area contributed by atoms with Crippen LogP contribution in [-0.2, 0) is 4.79 Å². The van der Waals surface area contributed by atoms with E-state index in [2.05, 4.69) is 5.32 Å². The molecule has 0 rings (SSSR count). The van der Waals surface area contributed by atoms with Gasteiger partial charge in [0.25, 0.3) is 0 Å². The Labute approximate surface area is 109 Å². The number of hydrogen-bond donors (Lipinski definition) is 3. The molecule has 0 aliphatic rings. The van der Waals surface area contributed by atoms with Gasteiger partial charge in [0.2, 0.25) is 5.91 Å². The number of rotatable bonds is 10. The van der Waals surface area contributed by atoms with Crippen molar-refractivity contribution in [1.82, 2.24) is 5.32 Å². The second kappa shape index (κ2) is 8.78.